The number of rotatable bonds is 5. The molecule has 1 heterocycles. The SMILES string of the molecule is C=CCOC(=O)c1ccc2oc(-c3cc(Cl)c(OC)c(Cl)c3)nc2c1. The first kappa shape index (κ1) is 17.3. The van der Waals surface area contributed by atoms with Crippen LogP contribution in [0.3, 0.4) is 0 Å². The first-order valence-corrected chi connectivity index (χ1v) is 8.01. The minimum Gasteiger partial charge on any atom is -0.494 e. The Morgan fingerprint density at radius 3 is 2.64 bits per heavy atom. The average molecular weight is 378 g/mol. The van der Waals surface area contributed by atoms with Crippen LogP contribution in [0.4, 0.5) is 0 Å². The normalized spacial score (nSPS) is 10.7. The third-order valence-electron chi connectivity index (χ3n) is 3.40. The first-order valence-electron chi connectivity index (χ1n) is 7.25. The van der Waals surface area contributed by atoms with Gasteiger partial charge in [0.1, 0.15) is 12.1 Å². The molecule has 3 aromatic rings. The second-order valence-electron chi connectivity index (χ2n) is 5.06. The molecule has 128 valence electrons. The van der Waals surface area contributed by atoms with Crippen LogP contribution in [0.15, 0.2) is 47.4 Å². The van der Waals surface area contributed by atoms with Crippen LogP contribution in [0.2, 0.25) is 10.0 Å². The first-order chi connectivity index (χ1) is 12.0. The van der Waals surface area contributed by atoms with Crippen LogP contribution in [-0.2, 0) is 4.74 Å². The Morgan fingerprint density at radius 2 is 2.00 bits per heavy atom. The van der Waals surface area contributed by atoms with Gasteiger partial charge < -0.3 is 13.9 Å². The van der Waals surface area contributed by atoms with E-state index in [1.165, 1.54) is 13.2 Å². The van der Waals surface area contributed by atoms with Crippen molar-refractivity contribution in [2.75, 3.05) is 13.7 Å². The topological polar surface area (TPSA) is 61.6 Å². The molecular formula is C18H13Cl2NO4. The molecule has 0 atom stereocenters. The van der Waals surface area contributed by atoms with Crippen LogP contribution in [0.25, 0.3) is 22.6 Å². The summed E-state index contributed by atoms with van der Waals surface area (Å²) in [5.41, 5.74) is 2.02. The number of halogens is 2. The number of nitrogens with zero attached hydrogens (tertiary/aromatic N) is 1. The van der Waals surface area contributed by atoms with Gasteiger partial charge in [-0.2, -0.15) is 0 Å². The molecule has 0 saturated carbocycles. The number of aromatic nitrogens is 1. The molecule has 0 aliphatic rings. The van der Waals surface area contributed by atoms with Gasteiger partial charge in [0.25, 0.3) is 0 Å². The van der Waals surface area contributed by atoms with Gasteiger partial charge >= 0.3 is 5.97 Å². The van der Waals surface area contributed by atoms with E-state index in [1.54, 1.807) is 30.3 Å². The Morgan fingerprint density at radius 1 is 1.28 bits per heavy atom. The summed E-state index contributed by atoms with van der Waals surface area (Å²) in [6.07, 6.45) is 1.50. The number of hydrogen-bond donors (Lipinski definition) is 0. The number of esters is 1. The van der Waals surface area contributed by atoms with Crippen LogP contribution < -0.4 is 4.74 Å². The summed E-state index contributed by atoms with van der Waals surface area (Å²) >= 11 is 12.3. The van der Waals surface area contributed by atoms with E-state index in [0.717, 1.165) is 0 Å². The van der Waals surface area contributed by atoms with Gasteiger partial charge in [-0.05, 0) is 30.3 Å². The molecule has 25 heavy (non-hydrogen) atoms. The van der Waals surface area contributed by atoms with Gasteiger partial charge in [-0.1, -0.05) is 35.9 Å². The second-order valence-corrected chi connectivity index (χ2v) is 5.88. The van der Waals surface area contributed by atoms with E-state index in [2.05, 4.69) is 11.6 Å². The number of ether oxygens (including phenoxy) is 2. The number of hydrogen-bond acceptors (Lipinski definition) is 5. The molecule has 0 aliphatic heterocycles. The lowest BCUT2D eigenvalue weighted by molar-refractivity contribution is 0.0550. The molecule has 1 aromatic heterocycles. The number of methoxy groups -OCH3 is 1. The Balaban J connectivity index is 1.99. The smallest absolute Gasteiger partial charge is 0.338 e. The Bertz CT molecular complexity index is 942. The van der Waals surface area contributed by atoms with E-state index in [1.807, 2.05) is 0 Å². The summed E-state index contributed by atoms with van der Waals surface area (Å²) in [5.74, 6) is 0.260. The summed E-state index contributed by atoms with van der Waals surface area (Å²) in [7, 11) is 1.49. The fourth-order valence-electron chi connectivity index (χ4n) is 2.27. The maximum atomic E-state index is 11.9. The van der Waals surface area contributed by atoms with Crippen LogP contribution in [0.1, 0.15) is 10.4 Å². The number of fused-ring (bicyclic) bond motifs is 1. The molecule has 7 heteroatoms. The minimum absolute atomic E-state index is 0.143. The van der Waals surface area contributed by atoms with Crippen LogP contribution >= 0.6 is 23.2 Å². The molecular weight excluding hydrogens is 365 g/mol. The molecule has 2 aromatic carbocycles. The molecule has 0 fully saturated rings. The fraction of sp³-hybridized carbons (Fsp3) is 0.111. The van der Waals surface area contributed by atoms with E-state index in [0.29, 0.717) is 43.9 Å². The molecule has 0 N–H and O–H groups in total. The monoisotopic (exact) mass is 377 g/mol. The van der Waals surface area contributed by atoms with Crippen molar-refractivity contribution in [2.45, 2.75) is 0 Å². The van der Waals surface area contributed by atoms with Gasteiger partial charge in [-0.3, -0.25) is 0 Å². The van der Waals surface area contributed by atoms with Crippen molar-refractivity contribution >= 4 is 40.3 Å². The average Bonchev–Trinajstić information content (AvgIpc) is 3.02. The second kappa shape index (κ2) is 7.17. The van der Waals surface area contributed by atoms with Crippen molar-refractivity contribution in [3.63, 3.8) is 0 Å². The predicted molar refractivity (Wildman–Crippen MR) is 96.5 cm³/mol. The molecule has 0 amide bonds. The molecule has 0 spiro atoms. The van der Waals surface area contributed by atoms with Crippen LogP contribution in [-0.4, -0.2) is 24.7 Å². The standard InChI is InChI=1S/C18H13Cl2NO4/c1-3-6-24-18(22)10-4-5-15-14(9-10)21-17(25-15)11-7-12(19)16(23-2)13(20)8-11/h3-5,7-9H,1,6H2,2H3. The van der Waals surface area contributed by atoms with Crippen LogP contribution in [0.5, 0.6) is 5.75 Å². The summed E-state index contributed by atoms with van der Waals surface area (Å²) in [4.78, 5) is 16.3. The lowest BCUT2D eigenvalue weighted by Crippen LogP contribution is -2.04. The Labute approximate surface area is 153 Å². The third kappa shape index (κ3) is 3.48. The van der Waals surface area contributed by atoms with Crippen molar-refractivity contribution in [3.05, 3.63) is 58.6 Å². The third-order valence-corrected chi connectivity index (χ3v) is 3.97. The molecule has 0 unspecified atom stereocenters. The highest BCUT2D eigenvalue weighted by Crippen LogP contribution is 2.37. The lowest BCUT2D eigenvalue weighted by Gasteiger charge is -2.06. The fourth-order valence-corrected chi connectivity index (χ4v) is 2.92. The van der Waals surface area contributed by atoms with Gasteiger partial charge in [0.05, 0.1) is 22.7 Å². The van der Waals surface area contributed by atoms with Crippen molar-refractivity contribution in [1.82, 2.24) is 4.98 Å². The van der Waals surface area contributed by atoms with E-state index in [9.17, 15) is 4.79 Å². The number of oxazole rings is 1. The van der Waals surface area contributed by atoms with Gasteiger partial charge in [0, 0.05) is 5.56 Å². The summed E-state index contributed by atoms with van der Waals surface area (Å²) < 4.78 is 15.9. The summed E-state index contributed by atoms with van der Waals surface area (Å²) in [6.45, 7) is 3.65. The molecule has 0 bridgehead atoms. The van der Waals surface area contributed by atoms with E-state index >= 15 is 0 Å². The molecule has 0 saturated heterocycles. The number of carbonyl (C=O) groups is 1. The van der Waals surface area contributed by atoms with Crippen molar-refractivity contribution < 1.29 is 18.7 Å². The molecule has 0 aliphatic carbocycles. The Kier molecular flexibility index (Phi) is 4.97. The van der Waals surface area contributed by atoms with E-state index in [4.69, 9.17) is 37.1 Å². The highest BCUT2D eigenvalue weighted by molar-refractivity contribution is 6.37. The van der Waals surface area contributed by atoms with Gasteiger partial charge in [0.2, 0.25) is 5.89 Å². The van der Waals surface area contributed by atoms with E-state index < -0.39 is 5.97 Å². The van der Waals surface area contributed by atoms with Gasteiger partial charge in [0.15, 0.2) is 11.3 Å². The lowest BCUT2D eigenvalue weighted by atomic mass is 10.2. The highest BCUT2D eigenvalue weighted by atomic mass is 35.5. The zero-order valence-corrected chi connectivity index (χ0v) is 14.7. The summed E-state index contributed by atoms with van der Waals surface area (Å²) in [6, 6.07) is 8.16. The zero-order chi connectivity index (χ0) is 18.0. The number of benzene rings is 2. The van der Waals surface area contributed by atoms with Crippen molar-refractivity contribution in [2.24, 2.45) is 0 Å². The predicted octanol–water partition coefficient (Wildman–Crippen LogP) is 5.15. The highest BCUT2D eigenvalue weighted by Gasteiger charge is 2.15. The van der Waals surface area contributed by atoms with Gasteiger partial charge in [-0.25, -0.2) is 9.78 Å². The molecule has 5 nitrogen and oxygen atoms in total. The zero-order valence-electron chi connectivity index (χ0n) is 13.2. The van der Waals surface area contributed by atoms with Crippen LogP contribution in [0, 0.1) is 0 Å². The largest absolute Gasteiger partial charge is 0.494 e. The Hall–Kier alpha value is -2.50. The quantitative estimate of drug-likeness (QED) is 0.454. The maximum Gasteiger partial charge on any atom is 0.338 e. The molecule has 3 rings (SSSR count). The van der Waals surface area contributed by atoms with Crippen molar-refractivity contribution in [3.8, 4) is 17.2 Å². The molecule has 0 radical (unpaired) electrons. The number of carbonyl (C=O) groups excluding carboxylic acids is 1. The van der Waals surface area contributed by atoms with E-state index in [-0.39, 0.29) is 6.61 Å². The van der Waals surface area contributed by atoms with Crippen molar-refractivity contribution in [1.29, 1.82) is 0 Å². The van der Waals surface area contributed by atoms with Gasteiger partial charge in [-0.15, -0.1) is 0 Å². The summed E-state index contributed by atoms with van der Waals surface area (Å²) in [5, 5.41) is 0.696. The minimum atomic E-state index is -0.457. The maximum absolute atomic E-state index is 11.9.